The largest absolute Gasteiger partial charge is 0.300 e. The van der Waals surface area contributed by atoms with Gasteiger partial charge in [0.2, 0.25) is 10.0 Å². The summed E-state index contributed by atoms with van der Waals surface area (Å²) in [6.07, 6.45) is 0. The monoisotopic (exact) mass is 342 g/mol. The van der Waals surface area contributed by atoms with Crippen molar-refractivity contribution in [3.05, 3.63) is 34.9 Å². The minimum atomic E-state index is -3.43. The number of nitriles is 1. The number of sulfonamides is 1. The van der Waals surface area contributed by atoms with Crippen molar-refractivity contribution in [3.8, 4) is 6.07 Å². The van der Waals surface area contributed by atoms with Crippen LogP contribution in [0.5, 0.6) is 0 Å². The number of benzene rings is 1. The summed E-state index contributed by atoms with van der Waals surface area (Å²) in [6, 6.07) is 9.31. The van der Waals surface area contributed by atoms with Crippen LogP contribution in [0, 0.1) is 11.3 Å². The third-order valence-corrected chi connectivity index (χ3v) is 4.78. The predicted molar refractivity (Wildman–Crippen MR) is 85.8 cm³/mol. The van der Waals surface area contributed by atoms with Gasteiger partial charge >= 0.3 is 0 Å². The van der Waals surface area contributed by atoms with Crippen LogP contribution in [-0.4, -0.2) is 56.7 Å². The van der Waals surface area contributed by atoms with Crippen molar-refractivity contribution in [2.24, 2.45) is 5.14 Å². The molecule has 1 aliphatic heterocycles. The van der Waals surface area contributed by atoms with Gasteiger partial charge in [0, 0.05) is 37.7 Å². The number of nitrogens with two attached hydrogens (primary N) is 1. The molecule has 1 aromatic rings. The molecule has 0 aromatic heterocycles. The van der Waals surface area contributed by atoms with Gasteiger partial charge in [-0.3, -0.25) is 9.80 Å². The van der Waals surface area contributed by atoms with Crippen LogP contribution < -0.4 is 5.14 Å². The lowest BCUT2D eigenvalue weighted by Crippen LogP contribution is -2.48. The fraction of sp³-hybridized carbons (Fsp3) is 0.500. The van der Waals surface area contributed by atoms with Crippen LogP contribution in [0.15, 0.2) is 24.3 Å². The van der Waals surface area contributed by atoms with Gasteiger partial charge in [-0.25, -0.2) is 13.6 Å². The minimum Gasteiger partial charge on any atom is -0.300 e. The molecule has 6 nitrogen and oxygen atoms in total. The first-order chi connectivity index (χ1) is 10.4. The van der Waals surface area contributed by atoms with Gasteiger partial charge in [0.25, 0.3) is 0 Å². The van der Waals surface area contributed by atoms with E-state index in [9.17, 15) is 13.7 Å². The lowest BCUT2D eigenvalue weighted by molar-refractivity contribution is 0.119. The molecule has 0 saturated carbocycles. The predicted octanol–water partition coefficient (Wildman–Crippen LogP) is 0.811. The maximum absolute atomic E-state index is 11.0. The topological polar surface area (TPSA) is 90.4 Å². The van der Waals surface area contributed by atoms with Crippen LogP contribution in [0.25, 0.3) is 0 Å². The number of rotatable bonds is 5. The first-order valence-corrected chi connectivity index (χ1v) is 9.10. The molecule has 0 amide bonds. The van der Waals surface area contributed by atoms with E-state index < -0.39 is 10.0 Å². The third kappa shape index (κ3) is 4.93. The molecule has 1 heterocycles. The van der Waals surface area contributed by atoms with Crippen LogP contribution in [0.4, 0.5) is 0 Å². The molecule has 1 aromatic carbocycles. The number of nitrogens with zero attached hydrogens (tertiary/aromatic N) is 3. The van der Waals surface area contributed by atoms with Gasteiger partial charge < -0.3 is 0 Å². The van der Waals surface area contributed by atoms with Gasteiger partial charge in [0.05, 0.1) is 11.8 Å². The second-order valence-corrected chi connectivity index (χ2v) is 7.50. The molecule has 1 fully saturated rings. The quantitative estimate of drug-likeness (QED) is 0.855. The zero-order chi connectivity index (χ0) is 16.2. The summed E-state index contributed by atoms with van der Waals surface area (Å²) in [5.74, 6) is -0.0359. The Hall–Kier alpha value is -1.17. The summed E-state index contributed by atoms with van der Waals surface area (Å²) in [7, 11) is -3.43. The van der Waals surface area contributed by atoms with Crippen molar-refractivity contribution in [2.75, 3.05) is 38.5 Å². The zero-order valence-corrected chi connectivity index (χ0v) is 13.7. The minimum absolute atomic E-state index is 0.0359. The van der Waals surface area contributed by atoms with E-state index in [1.165, 1.54) is 0 Å². The molecule has 8 heteroatoms. The van der Waals surface area contributed by atoms with E-state index in [0.717, 1.165) is 18.7 Å². The molecule has 0 radical (unpaired) electrons. The molecule has 0 bridgehead atoms. The molecule has 1 aliphatic rings. The number of primary sulfonamides is 1. The molecular weight excluding hydrogens is 324 g/mol. The summed E-state index contributed by atoms with van der Waals surface area (Å²) in [4.78, 5) is 4.15. The second kappa shape index (κ2) is 7.40. The maximum Gasteiger partial charge on any atom is 0.210 e. The van der Waals surface area contributed by atoms with Crippen molar-refractivity contribution in [2.45, 2.75) is 6.04 Å². The van der Waals surface area contributed by atoms with E-state index in [0.29, 0.717) is 24.7 Å². The van der Waals surface area contributed by atoms with Crippen LogP contribution in [0.2, 0.25) is 5.02 Å². The Balaban J connectivity index is 1.92. The number of hydrogen-bond acceptors (Lipinski definition) is 5. The normalized spacial score (nSPS) is 18.8. The fourth-order valence-electron chi connectivity index (χ4n) is 2.51. The Morgan fingerprint density at radius 3 is 2.32 bits per heavy atom. The van der Waals surface area contributed by atoms with Gasteiger partial charge in [-0.2, -0.15) is 5.26 Å². The molecule has 1 saturated heterocycles. The highest BCUT2D eigenvalue weighted by Crippen LogP contribution is 2.23. The zero-order valence-electron chi connectivity index (χ0n) is 12.2. The van der Waals surface area contributed by atoms with Gasteiger partial charge in [-0.1, -0.05) is 23.7 Å². The van der Waals surface area contributed by atoms with Gasteiger partial charge in [0.1, 0.15) is 6.04 Å². The van der Waals surface area contributed by atoms with Gasteiger partial charge in [-0.05, 0) is 17.7 Å². The Labute approximate surface area is 136 Å². The van der Waals surface area contributed by atoms with E-state index in [4.69, 9.17) is 16.7 Å². The van der Waals surface area contributed by atoms with E-state index in [-0.39, 0.29) is 11.8 Å². The third-order valence-electron chi connectivity index (χ3n) is 3.77. The van der Waals surface area contributed by atoms with Crippen LogP contribution in [0.3, 0.4) is 0 Å². The van der Waals surface area contributed by atoms with E-state index >= 15 is 0 Å². The molecule has 2 N–H and O–H groups in total. The number of piperazine rings is 1. The number of halogens is 1. The standard InChI is InChI=1S/C14H19ClN4O2S/c15-13-3-1-12(2-4-13)14(11-16)19-7-5-18(6-8-19)9-10-22(17,20)21/h1-4,14H,5-10H2,(H2,17,20,21). The van der Waals surface area contributed by atoms with Crippen molar-refractivity contribution < 1.29 is 8.42 Å². The van der Waals surface area contributed by atoms with E-state index in [2.05, 4.69) is 15.9 Å². The summed E-state index contributed by atoms with van der Waals surface area (Å²) < 4.78 is 22.0. The van der Waals surface area contributed by atoms with Gasteiger partial charge in [0.15, 0.2) is 0 Å². The van der Waals surface area contributed by atoms with Crippen molar-refractivity contribution in [1.82, 2.24) is 9.80 Å². The summed E-state index contributed by atoms with van der Waals surface area (Å²) in [6.45, 7) is 3.31. The highest BCUT2D eigenvalue weighted by molar-refractivity contribution is 7.89. The molecule has 0 spiro atoms. The van der Waals surface area contributed by atoms with Crippen molar-refractivity contribution in [3.63, 3.8) is 0 Å². The average Bonchev–Trinajstić information content (AvgIpc) is 2.48. The first-order valence-electron chi connectivity index (χ1n) is 7.01. The van der Waals surface area contributed by atoms with Crippen LogP contribution >= 0.6 is 11.6 Å². The fourth-order valence-corrected chi connectivity index (χ4v) is 3.15. The molecule has 2 rings (SSSR count). The van der Waals surface area contributed by atoms with Crippen LogP contribution in [-0.2, 0) is 10.0 Å². The smallest absolute Gasteiger partial charge is 0.210 e. The highest BCUT2D eigenvalue weighted by atomic mass is 35.5. The van der Waals surface area contributed by atoms with Crippen molar-refractivity contribution in [1.29, 1.82) is 5.26 Å². The Bertz CT molecular complexity index is 634. The Kier molecular flexibility index (Phi) is 5.78. The Morgan fingerprint density at radius 2 is 1.82 bits per heavy atom. The molecule has 1 unspecified atom stereocenters. The first kappa shape index (κ1) is 17.2. The highest BCUT2D eigenvalue weighted by Gasteiger charge is 2.25. The Morgan fingerprint density at radius 1 is 1.23 bits per heavy atom. The molecular formula is C14H19ClN4O2S. The van der Waals surface area contributed by atoms with Gasteiger partial charge in [-0.15, -0.1) is 0 Å². The SMILES string of the molecule is N#CC(c1ccc(Cl)cc1)N1CCN(CCS(N)(=O)=O)CC1. The number of hydrogen-bond donors (Lipinski definition) is 1. The van der Waals surface area contributed by atoms with Crippen LogP contribution in [0.1, 0.15) is 11.6 Å². The maximum atomic E-state index is 11.0. The second-order valence-electron chi connectivity index (χ2n) is 5.33. The lowest BCUT2D eigenvalue weighted by atomic mass is 10.1. The summed E-state index contributed by atoms with van der Waals surface area (Å²) in [5, 5.41) is 15.1. The average molecular weight is 343 g/mol. The summed E-state index contributed by atoms with van der Waals surface area (Å²) >= 11 is 5.87. The van der Waals surface area contributed by atoms with Crippen molar-refractivity contribution >= 4 is 21.6 Å². The van der Waals surface area contributed by atoms with E-state index in [1.807, 2.05) is 12.1 Å². The molecule has 22 heavy (non-hydrogen) atoms. The molecule has 0 aliphatic carbocycles. The molecule has 120 valence electrons. The van der Waals surface area contributed by atoms with E-state index in [1.54, 1.807) is 12.1 Å². The summed E-state index contributed by atoms with van der Waals surface area (Å²) in [5.41, 5.74) is 0.921. The lowest BCUT2D eigenvalue weighted by Gasteiger charge is -2.36. The molecule has 1 atom stereocenters.